The van der Waals surface area contributed by atoms with Crippen LogP contribution in [0.2, 0.25) is 5.15 Å². The van der Waals surface area contributed by atoms with Crippen molar-refractivity contribution in [2.45, 2.75) is 6.42 Å². The summed E-state index contributed by atoms with van der Waals surface area (Å²) in [6.45, 7) is 0.693. The monoisotopic (exact) mass is 316 g/mol. The lowest BCUT2D eigenvalue weighted by Gasteiger charge is -2.07. The summed E-state index contributed by atoms with van der Waals surface area (Å²) < 4.78 is 2.54. The summed E-state index contributed by atoms with van der Waals surface area (Å²) in [5.41, 5.74) is 0. The van der Waals surface area contributed by atoms with E-state index < -0.39 is 0 Å². The second kappa shape index (κ2) is 5.42. The number of rotatable bonds is 4. The highest BCUT2D eigenvalue weighted by molar-refractivity contribution is 9.10. The van der Waals surface area contributed by atoms with E-state index in [2.05, 4.69) is 41.4 Å². The van der Waals surface area contributed by atoms with Crippen molar-refractivity contribution in [2.75, 3.05) is 11.9 Å². The molecule has 0 spiro atoms. The second-order valence-electron chi connectivity index (χ2n) is 3.36. The minimum absolute atomic E-state index is 0.390. The van der Waals surface area contributed by atoms with Crippen molar-refractivity contribution in [3.8, 4) is 0 Å². The summed E-state index contributed by atoms with van der Waals surface area (Å²) in [7, 11) is 1.91. The number of hydrogen-bond acceptors (Lipinski definition) is 5. The van der Waals surface area contributed by atoms with Crippen LogP contribution in [-0.4, -0.2) is 31.3 Å². The maximum absolute atomic E-state index is 5.85. The predicted molar refractivity (Wildman–Crippen MR) is 67.9 cm³/mol. The van der Waals surface area contributed by atoms with Gasteiger partial charge in [0.2, 0.25) is 0 Å². The fourth-order valence-corrected chi connectivity index (χ4v) is 1.78. The Morgan fingerprint density at radius 2 is 2.29 bits per heavy atom. The molecule has 0 radical (unpaired) electrons. The number of anilines is 1. The lowest BCUT2D eigenvalue weighted by molar-refractivity contribution is 0.787. The van der Waals surface area contributed by atoms with Gasteiger partial charge in [0.05, 0.1) is 4.47 Å². The molecular weight excluding hydrogens is 307 g/mol. The summed E-state index contributed by atoms with van der Waals surface area (Å²) in [5, 5.41) is 11.3. The number of halogens is 2. The zero-order valence-corrected chi connectivity index (χ0v) is 11.4. The largest absolute Gasteiger partial charge is 0.369 e. The first-order valence-electron chi connectivity index (χ1n) is 4.91. The molecule has 90 valence electrons. The normalized spacial score (nSPS) is 10.5. The number of aromatic nitrogens is 5. The average Bonchev–Trinajstić information content (AvgIpc) is 2.71. The van der Waals surface area contributed by atoms with Crippen LogP contribution in [0.5, 0.6) is 0 Å². The molecule has 2 aromatic heterocycles. The van der Waals surface area contributed by atoms with Crippen molar-refractivity contribution in [1.29, 1.82) is 0 Å². The third kappa shape index (κ3) is 2.92. The van der Waals surface area contributed by atoms with E-state index in [1.165, 1.54) is 6.33 Å². The van der Waals surface area contributed by atoms with Crippen LogP contribution >= 0.6 is 27.5 Å². The van der Waals surface area contributed by atoms with Crippen LogP contribution in [0.1, 0.15) is 5.82 Å². The molecule has 0 aliphatic rings. The molecule has 0 aliphatic carbocycles. The Labute approximate surface area is 112 Å². The second-order valence-corrected chi connectivity index (χ2v) is 4.51. The molecule has 2 aromatic rings. The van der Waals surface area contributed by atoms with Crippen molar-refractivity contribution in [3.05, 3.63) is 28.1 Å². The van der Waals surface area contributed by atoms with Crippen molar-refractivity contribution < 1.29 is 0 Å². The van der Waals surface area contributed by atoms with Crippen LogP contribution in [0.4, 0.5) is 5.82 Å². The van der Waals surface area contributed by atoms with Gasteiger partial charge in [-0.1, -0.05) is 11.6 Å². The number of aryl methyl sites for hydroxylation is 1. The Morgan fingerprint density at radius 3 is 3.00 bits per heavy atom. The fraction of sp³-hybridized carbons (Fsp3) is 0.333. The van der Waals surface area contributed by atoms with Crippen molar-refractivity contribution in [1.82, 2.24) is 24.7 Å². The van der Waals surface area contributed by atoms with Crippen LogP contribution in [0.25, 0.3) is 0 Å². The zero-order chi connectivity index (χ0) is 12.3. The van der Waals surface area contributed by atoms with E-state index in [-0.39, 0.29) is 0 Å². The number of nitrogens with one attached hydrogen (secondary N) is 1. The first-order chi connectivity index (χ1) is 8.18. The Bertz CT molecular complexity index is 514. The highest BCUT2D eigenvalue weighted by Gasteiger charge is 2.06. The highest BCUT2D eigenvalue weighted by Crippen LogP contribution is 2.25. The highest BCUT2D eigenvalue weighted by atomic mass is 79.9. The predicted octanol–water partition coefficient (Wildman–Crippen LogP) is 1.68. The minimum atomic E-state index is 0.390. The molecule has 0 fully saturated rings. The molecule has 0 aromatic carbocycles. The van der Waals surface area contributed by atoms with Crippen LogP contribution in [-0.2, 0) is 13.5 Å². The molecule has 0 bridgehead atoms. The maximum atomic E-state index is 5.85. The minimum Gasteiger partial charge on any atom is -0.369 e. The zero-order valence-electron chi connectivity index (χ0n) is 9.06. The van der Waals surface area contributed by atoms with E-state index in [4.69, 9.17) is 11.6 Å². The lowest BCUT2D eigenvalue weighted by Crippen LogP contribution is -2.10. The van der Waals surface area contributed by atoms with Gasteiger partial charge in [-0.05, 0) is 15.9 Å². The third-order valence-electron chi connectivity index (χ3n) is 2.19. The van der Waals surface area contributed by atoms with Crippen LogP contribution < -0.4 is 5.32 Å². The molecule has 0 atom stereocenters. The van der Waals surface area contributed by atoms with Gasteiger partial charge in [-0.25, -0.2) is 9.97 Å². The van der Waals surface area contributed by atoms with Crippen LogP contribution in [0.3, 0.4) is 0 Å². The average molecular weight is 318 g/mol. The van der Waals surface area contributed by atoms with Gasteiger partial charge in [-0.2, -0.15) is 0 Å². The molecule has 0 saturated carbocycles. The van der Waals surface area contributed by atoms with Gasteiger partial charge in [0, 0.05) is 20.0 Å². The van der Waals surface area contributed by atoms with E-state index in [9.17, 15) is 0 Å². The molecule has 0 saturated heterocycles. The molecule has 6 nitrogen and oxygen atoms in total. The van der Waals surface area contributed by atoms with Crippen LogP contribution in [0.15, 0.2) is 17.1 Å². The molecular formula is C9H10BrClN6. The molecule has 0 aliphatic heterocycles. The van der Waals surface area contributed by atoms with Crippen molar-refractivity contribution >= 4 is 33.3 Å². The first kappa shape index (κ1) is 12.3. The molecule has 2 heterocycles. The summed E-state index contributed by atoms with van der Waals surface area (Å²) in [6, 6.07) is 0. The smallest absolute Gasteiger partial charge is 0.148 e. The quantitative estimate of drug-likeness (QED) is 0.869. The van der Waals surface area contributed by atoms with Gasteiger partial charge in [0.1, 0.15) is 29.5 Å². The van der Waals surface area contributed by atoms with Gasteiger partial charge >= 0.3 is 0 Å². The topological polar surface area (TPSA) is 68.5 Å². The van der Waals surface area contributed by atoms with Crippen molar-refractivity contribution in [2.24, 2.45) is 7.05 Å². The Balaban J connectivity index is 1.95. The molecule has 2 rings (SSSR count). The number of hydrogen-bond donors (Lipinski definition) is 1. The van der Waals surface area contributed by atoms with Gasteiger partial charge in [-0.15, -0.1) is 10.2 Å². The summed E-state index contributed by atoms with van der Waals surface area (Å²) in [4.78, 5) is 7.94. The molecule has 0 amide bonds. The van der Waals surface area contributed by atoms with Gasteiger partial charge in [0.25, 0.3) is 0 Å². The lowest BCUT2D eigenvalue weighted by atomic mass is 10.4. The summed E-state index contributed by atoms with van der Waals surface area (Å²) >= 11 is 9.17. The fourth-order valence-electron chi connectivity index (χ4n) is 1.30. The Morgan fingerprint density at radius 1 is 1.47 bits per heavy atom. The molecule has 0 unspecified atom stereocenters. The van der Waals surface area contributed by atoms with Crippen LogP contribution in [0, 0.1) is 0 Å². The molecule has 17 heavy (non-hydrogen) atoms. The van der Waals surface area contributed by atoms with Gasteiger partial charge in [0.15, 0.2) is 0 Å². The van der Waals surface area contributed by atoms with Gasteiger partial charge in [-0.3, -0.25) is 0 Å². The summed E-state index contributed by atoms with van der Waals surface area (Å²) in [5.74, 6) is 1.58. The van der Waals surface area contributed by atoms with E-state index in [1.807, 2.05) is 11.6 Å². The summed E-state index contributed by atoms with van der Waals surface area (Å²) in [6.07, 6.45) is 3.84. The molecule has 1 N–H and O–H groups in total. The van der Waals surface area contributed by atoms with Crippen molar-refractivity contribution in [3.63, 3.8) is 0 Å². The SMILES string of the molecule is Cn1cnnc1CCNc1ncnc(Cl)c1Br. The Kier molecular flexibility index (Phi) is 3.90. The third-order valence-corrected chi connectivity index (χ3v) is 3.46. The number of nitrogens with zero attached hydrogens (tertiary/aromatic N) is 5. The first-order valence-corrected chi connectivity index (χ1v) is 6.08. The van der Waals surface area contributed by atoms with Gasteiger partial charge < -0.3 is 9.88 Å². The maximum Gasteiger partial charge on any atom is 0.148 e. The molecule has 8 heteroatoms. The van der Waals surface area contributed by atoms with E-state index in [0.29, 0.717) is 22.0 Å². The standard InChI is InChI=1S/C9H10BrClN6/c1-17-5-15-16-6(17)2-3-12-9-7(10)8(11)13-4-14-9/h4-5H,2-3H2,1H3,(H,12,13,14). The van der Waals surface area contributed by atoms with E-state index in [0.717, 1.165) is 12.2 Å². The van der Waals surface area contributed by atoms with E-state index >= 15 is 0 Å². The van der Waals surface area contributed by atoms with E-state index in [1.54, 1.807) is 6.33 Å². The Hall–Kier alpha value is -1.21.